The van der Waals surface area contributed by atoms with Gasteiger partial charge >= 0.3 is 0 Å². The minimum Gasteiger partial charge on any atom is -0.489 e. The van der Waals surface area contributed by atoms with E-state index in [1.165, 1.54) is 0 Å². The fraction of sp³-hybridized carbons (Fsp3) is 0.348. The summed E-state index contributed by atoms with van der Waals surface area (Å²) in [6, 6.07) is 18.2. The number of rotatable bonds is 7. The lowest BCUT2D eigenvalue weighted by Gasteiger charge is -2.27. The van der Waals surface area contributed by atoms with Crippen LogP contribution in [-0.2, 0) is 17.9 Å². The summed E-state index contributed by atoms with van der Waals surface area (Å²) < 4.78 is 5.83. The van der Waals surface area contributed by atoms with E-state index in [2.05, 4.69) is 36.4 Å². The van der Waals surface area contributed by atoms with Crippen molar-refractivity contribution >= 4 is 5.91 Å². The summed E-state index contributed by atoms with van der Waals surface area (Å²) in [5.41, 5.74) is 2.29. The second-order valence-electron chi connectivity index (χ2n) is 6.75. The molecule has 2 aromatic carbocycles. The van der Waals surface area contributed by atoms with Crippen LogP contribution in [0.4, 0.5) is 0 Å². The van der Waals surface area contributed by atoms with Gasteiger partial charge in [0.15, 0.2) is 0 Å². The van der Waals surface area contributed by atoms with Crippen LogP contribution in [0.3, 0.4) is 0 Å². The molecular weight excluding hydrogens is 322 g/mol. The summed E-state index contributed by atoms with van der Waals surface area (Å²) in [5.74, 6) is 1.28. The quantitative estimate of drug-likeness (QED) is 0.661. The van der Waals surface area contributed by atoms with Crippen molar-refractivity contribution in [2.75, 3.05) is 6.54 Å². The van der Waals surface area contributed by atoms with E-state index >= 15 is 0 Å². The molecule has 1 atom stereocenters. The zero-order valence-corrected chi connectivity index (χ0v) is 15.4. The van der Waals surface area contributed by atoms with Crippen LogP contribution in [0.2, 0.25) is 0 Å². The molecule has 26 heavy (non-hydrogen) atoms. The summed E-state index contributed by atoms with van der Waals surface area (Å²) in [5, 5.41) is 0. The first-order chi connectivity index (χ1) is 12.8. The molecule has 1 aliphatic rings. The van der Waals surface area contributed by atoms with E-state index in [0.29, 0.717) is 13.2 Å². The Morgan fingerprint density at radius 3 is 2.46 bits per heavy atom. The average Bonchev–Trinajstić information content (AvgIpc) is 2.72. The van der Waals surface area contributed by atoms with Crippen LogP contribution < -0.4 is 4.74 Å². The van der Waals surface area contributed by atoms with Gasteiger partial charge in [0.05, 0.1) is 0 Å². The van der Waals surface area contributed by atoms with Crippen molar-refractivity contribution < 1.29 is 9.53 Å². The first-order valence-corrected chi connectivity index (χ1v) is 9.45. The Bertz CT molecular complexity index is 722. The Hall–Kier alpha value is -2.55. The predicted octanol–water partition coefficient (Wildman–Crippen LogP) is 4.97. The lowest BCUT2D eigenvalue weighted by atomic mass is 9.93. The van der Waals surface area contributed by atoms with Gasteiger partial charge in [-0.3, -0.25) is 4.79 Å². The lowest BCUT2D eigenvalue weighted by Crippen LogP contribution is -2.35. The van der Waals surface area contributed by atoms with E-state index in [1.54, 1.807) is 0 Å². The number of ether oxygens (including phenoxy) is 1. The first kappa shape index (κ1) is 18.2. The van der Waals surface area contributed by atoms with Gasteiger partial charge in [-0.2, -0.15) is 0 Å². The molecule has 0 saturated carbocycles. The van der Waals surface area contributed by atoms with Gasteiger partial charge in [-0.25, -0.2) is 0 Å². The van der Waals surface area contributed by atoms with Crippen molar-refractivity contribution in [1.29, 1.82) is 0 Å². The fourth-order valence-electron chi connectivity index (χ4n) is 3.27. The van der Waals surface area contributed by atoms with E-state index in [9.17, 15) is 4.79 Å². The number of benzene rings is 2. The Morgan fingerprint density at radius 2 is 1.81 bits per heavy atom. The van der Waals surface area contributed by atoms with Gasteiger partial charge in [-0.05, 0) is 49.4 Å². The molecule has 0 bridgehead atoms. The molecule has 1 aliphatic carbocycles. The van der Waals surface area contributed by atoms with Gasteiger partial charge in [0, 0.05) is 19.0 Å². The summed E-state index contributed by atoms with van der Waals surface area (Å²) in [6.07, 6.45) is 7.17. The van der Waals surface area contributed by atoms with Gasteiger partial charge in [0.2, 0.25) is 5.91 Å². The van der Waals surface area contributed by atoms with Crippen LogP contribution in [0.1, 0.15) is 37.3 Å². The maximum Gasteiger partial charge on any atom is 0.226 e. The number of hydrogen-bond donors (Lipinski definition) is 0. The molecule has 3 heteroatoms. The van der Waals surface area contributed by atoms with E-state index in [0.717, 1.165) is 42.7 Å². The number of hydrogen-bond acceptors (Lipinski definition) is 2. The van der Waals surface area contributed by atoms with Crippen molar-refractivity contribution in [3.05, 3.63) is 77.9 Å². The highest BCUT2D eigenvalue weighted by molar-refractivity contribution is 5.79. The zero-order chi connectivity index (χ0) is 18.2. The van der Waals surface area contributed by atoms with Gasteiger partial charge < -0.3 is 9.64 Å². The van der Waals surface area contributed by atoms with Crippen molar-refractivity contribution in [1.82, 2.24) is 4.90 Å². The summed E-state index contributed by atoms with van der Waals surface area (Å²) in [6.45, 7) is 4.02. The van der Waals surface area contributed by atoms with Crippen LogP contribution in [0.15, 0.2) is 66.7 Å². The Labute approximate surface area is 156 Å². The van der Waals surface area contributed by atoms with Crippen molar-refractivity contribution in [3.63, 3.8) is 0 Å². The topological polar surface area (TPSA) is 29.5 Å². The third kappa shape index (κ3) is 4.98. The lowest BCUT2D eigenvalue weighted by molar-refractivity contribution is -0.136. The predicted molar refractivity (Wildman–Crippen MR) is 105 cm³/mol. The minimum absolute atomic E-state index is 0.147. The van der Waals surface area contributed by atoms with Crippen LogP contribution in [0, 0.1) is 5.92 Å². The molecule has 0 heterocycles. The third-order valence-electron chi connectivity index (χ3n) is 4.86. The number of amides is 1. The van der Waals surface area contributed by atoms with Crippen molar-refractivity contribution in [2.45, 2.75) is 39.3 Å². The number of carbonyl (C=O) groups excluding carboxylic acids is 1. The molecule has 0 fully saturated rings. The highest BCUT2D eigenvalue weighted by Gasteiger charge is 2.23. The van der Waals surface area contributed by atoms with Gasteiger partial charge in [0.1, 0.15) is 12.4 Å². The average molecular weight is 349 g/mol. The monoisotopic (exact) mass is 349 g/mol. The summed E-state index contributed by atoms with van der Waals surface area (Å²) in [4.78, 5) is 14.7. The molecule has 2 aromatic rings. The SMILES string of the molecule is CCN(Cc1ccc(OCc2ccccc2)cc1)C(=O)[C@@H]1CC=CCC1. The van der Waals surface area contributed by atoms with Crippen LogP contribution in [0.5, 0.6) is 5.75 Å². The van der Waals surface area contributed by atoms with E-state index in [-0.39, 0.29) is 11.8 Å². The van der Waals surface area contributed by atoms with E-state index in [4.69, 9.17) is 4.74 Å². The van der Waals surface area contributed by atoms with Crippen LogP contribution in [-0.4, -0.2) is 17.4 Å². The second kappa shape index (κ2) is 9.23. The molecule has 3 rings (SSSR count). The third-order valence-corrected chi connectivity index (χ3v) is 4.86. The fourth-order valence-corrected chi connectivity index (χ4v) is 3.27. The maximum absolute atomic E-state index is 12.7. The normalized spacial score (nSPS) is 16.3. The Balaban J connectivity index is 1.55. The number of nitrogens with zero attached hydrogens (tertiary/aromatic N) is 1. The van der Waals surface area contributed by atoms with Gasteiger partial charge in [-0.15, -0.1) is 0 Å². The molecule has 0 radical (unpaired) electrons. The standard InChI is InChI=1S/C23H27NO2/c1-2-24(23(25)21-11-7-4-8-12-21)17-19-13-15-22(16-14-19)26-18-20-9-5-3-6-10-20/h3-7,9-10,13-16,21H,2,8,11-12,17-18H2,1H3/t21-/m1/s1. The molecule has 1 amide bonds. The molecule has 0 unspecified atom stereocenters. The Kier molecular flexibility index (Phi) is 6.48. The summed E-state index contributed by atoms with van der Waals surface area (Å²) >= 11 is 0. The van der Waals surface area contributed by atoms with Crippen molar-refractivity contribution in [3.8, 4) is 5.75 Å². The Morgan fingerprint density at radius 1 is 1.04 bits per heavy atom. The van der Waals surface area contributed by atoms with Crippen molar-refractivity contribution in [2.24, 2.45) is 5.92 Å². The highest BCUT2D eigenvalue weighted by Crippen LogP contribution is 2.22. The van der Waals surface area contributed by atoms with Crippen LogP contribution in [0.25, 0.3) is 0 Å². The molecule has 3 nitrogen and oxygen atoms in total. The maximum atomic E-state index is 12.7. The molecule has 136 valence electrons. The summed E-state index contributed by atoms with van der Waals surface area (Å²) in [7, 11) is 0. The molecule has 0 N–H and O–H groups in total. The highest BCUT2D eigenvalue weighted by atomic mass is 16.5. The van der Waals surface area contributed by atoms with Gasteiger partial charge in [-0.1, -0.05) is 54.6 Å². The number of carbonyl (C=O) groups is 1. The van der Waals surface area contributed by atoms with Gasteiger partial charge in [0.25, 0.3) is 0 Å². The largest absolute Gasteiger partial charge is 0.489 e. The zero-order valence-electron chi connectivity index (χ0n) is 15.4. The molecule has 0 saturated heterocycles. The molecule has 0 spiro atoms. The molecule has 0 aromatic heterocycles. The first-order valence-electron chi connectivity index (χ1n) is 9.45. The minimum atomic E-state index is 0.147. The smallest absolute Gasteiger partial charge is 0.226 e. The molecular formula is C23H27NO2. The van der Waals surface area contributed by atoms with E-state index < -0.39 is 0 Å². The number of allylic oxidation sites excluding steroid dienone is 2. The van der Waals surface area contributed by atoms with Crippen LogP contribution >= 0.6 is 0 Å². The second-order valence-corrected chi connectivity index (χ2v) is 6.75. The molecule has 0 aliphatic heterocycles. The van der Waals surface area contributed by atoms with E-state index in [1.807, 2.05) is 42.2 Å².